The van der Waals surface area contributed by atoms with Gasteiger partial charge in [0.05, 0.1) is 0 Å². The number of carbonyl (C=O) groups is 3. The summed E-state index contributed by atoms with van der Waals surface area (Å²) in [4.78, 5) is 37.9. The van der Waals surface area contributed by atoms with Gasteiger partial charge in [-0.15, -0.1) is 0 Å². The van der Waals surface area contributed by atoms with Gasteiger partial charge in [0.2, 0.25) is 11.8 Å². The predicted molar refractivity (Wildman–Crippen MR) is 94.8 cm³/mol. The number of carbonyl (C=O) groups excluding carboxylic acids is 3. The van der Waals surface area contributed by atoms with Crippen LogP contribution in [0.2, 0.25) is 0 Å². The molecule has 1 fully saturated rings. The van der Waals surface area contributed by atoms with E-state index in [9.17, 15) is 14.4 Å². The summed E-state index contributed by atoms with van der Waals surface area (Å²) in [6, 6.07) is 7.59. The van der Waals surface area contributed by atoms with Gasteiger partial charge in [-0.2, -0.15) is 0 Å². The number of aryl methyl sites for hydroxylation is 1. The molecular formula is C18H20N4O4. The monoisotopic (exact) mass is 356 g/mol. The van der Waals surface area contributed by atoms with Crippen molar-refractivity contribution in [3.8, 4) is 0 Å². The SMILES string of the molecule is Cc1cc(NC(=O)[C@@H](C)NC(=O)c2ccc(N3CCCC3=O)cc2)no1. The molecule has 1 aliphatic rings. The summed E-state index contributed by atoms with van der Waals surface area (Å²) in [7, 11) is 0. The van der Waals surface area contributed by atoms with E-state index in [1.165, 1.54) is 0 Å². The fourth-order valence-electron chi connectivity index (χ4n) is 2.72. The van der Waals surface area contributed by atoms with Gasteiger partial charge in [-0.1, -0.05) is 5.16 Å². The van der Waals surface area contributed by atoms with Crippen LogP contribution in [0, 0.1) is 6.92 Å². The Bertz CT molecular complexity index is 828. The molecular weight excluding hydrogens is 336 g/mol. The number of amides is 3. The van der Waals surface area contributed by atoms with Gasteiger partial charge in [0.1, 0.15) is 11.8 Å². The Hall–Kier alpha value is -3.16. The molecule has 2 heterocycles. The molecule has 1 saturated heterocycles. The van der Waals surface area contributed by atoms with Crippen LogP contribution < -0.4 is 15.5 Å². The summed E-state index contributed by atoms with van der Waals surface area (Å²) in [5, 5.41) is 8.88. The van der Waals surface area contributed by atoms with Crippen LogP contribution in [0.1, 0.15) is 35.9 Å². The number of aromatic nitrogens is 1. The lowest BCUT2D eigenvalue weighted by Gasteiger charge is -2.16. The van der Waals surface area contributed by atoms with Gasteiger partial charge in [-0.05, 0) is 44.5 Å². The average Bonchev–Trinajstić information content (AvgIpc) is 3.23. The van der Waals surface area contributed by atoms with E-state index in [0.29, 0.717) is 30.1 Å². The summed E-state index contributed by atoms with van der Waals surface area (Å²) < 4.78 is 4.88. The summed E-state index contributed by atoms with van der Waals surface area (Å²) in [6.07, 6.45) is 1.40. The Morgan fingerprint density at radius 3 is 2.58 bits per heavy atom. The van der Waals surface area contributed by atoms with Gasteiger partial charge >= 0.3 is 0 Å². The number of hydrogen-bond donors (Lipinski definition) is 2. The van der Waals surface area contributed by atoms with Crippen LogP contribution in [0.25, 0.3) is 0 Å². The molecule has 8 heteroatoms. The lowest BCUT2D eigenvalue weighted by Crippen LogP contribution is -2.41. The fourth-order valence-corrected chi connectivity index (χ4v) is 2.72. The maximum absolute atomic E-state index is 12.3. The first-order chi connectivity index (χ1) is 12.4. The van der Waals surface area contributed by atoms with Crippen molar-refractivity contribution in [2.24, 2.45) is 0 Å². The van der Waals surface area contributed by atoms with Crippen LogP contribution in [-0.4, -0.2) is 35.5 Å². The standard InChI is InChI=1S/C18H20N4O4/c1-11-10-15(21-26-11)20-17(24)12(2)19-18(25)13-5-7-14(8-6-13)22-9-3-4-16(22)23/h5-8,10,12H,3-4,9H2,1-2H3,(H,19,25)(H,20,21,24)/t12-/m1/s1. The third-order valence-electron chi connectivity index (χ3n) is 4.13. The minimum atomic E-state index is -0.751. The lowest BCUT2D eigenvalue weighted by molar-refractivity contribution is -0.118. The molecule has 2 N–H and O–H groups in total. The normalized spacial score (nSPS) is 15.0. The molecule has 1 aliphatic heterocycles. The van der Waals surface area contributed by atoms with Crippen molar-refractivity contribution in [1.29, 1.82) is 0 Å². The topological polar surface area (TPSA) is 105 Å². The lowest BCUT2D eigenvalue weighted by atomic mass is 10.1. The van der Waals surface area contributed by atoms with Crippen molar-refractivity contribution in [3.05, 3.63) is 41.7 Å². The van der Waals surface area contributed by atoms with E-state index in [4.69, 9.17) is 4.52 Å². The second-order valence-electron chi connectivity index (χ2n) is 6.20. The molecule has 8 nitrogen and oxygen atoms in total. The Labute approximate surface area is 150 Å². The Morgan fingerprint density at radius 1 is 1.27 bits per heavy atom. The molecule has 1 atom stereocenters. The number of hydrogen-bond acceptors (Lipinski definition) is 5. The third-order valence-corrected chi connectivity index (χ3v) is 4.13. The largest absolute Gasteiger partial charge is 0.360 e. The Kier molecular flexibility index (Phi) is 5.01. The highest BCUT2D eigenvalue weighted by Gasteiger charge is 2.22. The summed E-state index contributed by atoms with van der Waals surface area (Å²) in [6.45, 7) is 3.99. The highest BCUT2D eigenvalue weighted by atomic mass is 16.5. The number of nitrogens with zero attached hydrogens (tertiary/aromatic N) is 2. The fraction of sp³-hybridized carbons (Fsp3) is 0.333. The third kappa shape index (κ3) is 3.90. The van der Waals surface area contributed by atoms with Crippen molar-refractivity contribution in [3.63, 3.8) is 0 Å². The van der Waals surface area contributed by atoms with Gasteiger partial charge in [0, 0.05) is 30.3 Å². The van der Waals surface area contributed by atoms with E-state index in [1.807, 2.05) is 0 Å². The Balaban J connectivity index is 1.58. The molecule has 0 radical (unpaired) electrons. The number of anilines is 2. The van der Waals surface area contributed by atoms with Crippen molar-refractivity contribution in [2.75, 3.05) is 16.8 Å². The molecule has 1 aromatic carbocycles. The molecule has 2 aromatic rings. The summed E-state index contributed by atoms with van der Waals surface area (Å²) >= 11 is 0. The van der Waals surface area contributed by atoms with Crippen LogP contribution in [0.4, 0.5) is 11.5 Å². The summed E-state index contributed by atoms with van der Waals surface area (Å²) in [5.74, 6) is 0.201. The Morgan fingerprint density at radius 2 is 2.00 bits per heavy atom. The highest BCUT2D eigenvalue weighted by Crippen LogP contribution is 2.21. The second-order valence-corrected chi connectivity index (χ2v) is 6.20. The van der Waals surface area contributed by atoms with Gasteiger partial charge in [0.15, 0.2) is 5.82 Å². The minimum absolute atomic E-state index is 0.0931. The van der Waals surface area contributed by atoms with E-state index >= 15 is 0 Å². The van der Waals surface area contributed by atoms with Crippen LogP contribution in [0.15, 0.2) is 34.9 Å². The van der Waals surface area contributed by atoms with Crippen LogP contribution in [-0.2, 0) is 9.59 Å². The maximum atomic E-state index is 12.3. The predicted octanol–water partition coefficient (Wildman–Crippen LogP) is 1.87. The highest BCUT2D eigenvalue weighted by molar-refractivity contribution is 6.01. The first-order valence-electron chi connectivity index (χ1n) is 8.39. The van der Waals surface area contributed by atoms with Crippen molar-refractivity contribution in [1.82, 2.24) is 10.5 Å². The maximum Gasteiger partial charge on any atom is 0.251 e. The minimum Gasteiger partial charge on any atom is -0.360 e. The molecule has 3 amide bonds. The number of benzene rings is 1. The van der Waals surface area contributed by atoms with Crippen molar-refractivity contribution < 1.29 is 18.9 Å². The number of rotatable bonds is 5. The van der Waals surface area contributed by atoms with E-state index in [-0.39, 0.29) is 11.8 Å². The van der Waals surface area contributed by atoms with E-state index in [2.05, 4.69) is 15.8 Å². The summed E-state index contributed by atoms with van der Waals surface area (Å²) in [5.41, 5.74) is 1.19. The molecule has 26 heavy (non-hydrogen) atoms. The zero-order valence-electron chi connectivity index (χ0n) is 14.6. The van der Waals surface area contributed by atoms with Gasteiger partial charge < -0.3 is 20.1 Å². The van der Waals surface area contributed by atoms with Gasteiger partial charge in [0.25, 0.3) is 5.91 Å². The molecule has 0 aliphatic carbocycles. The zero-order valence-corrected chi connectivity index (χ0v) is 14.6. The molecule has 0 bridgehead atoms. The molecule has 0 saturated carbocycles. The first kappa shape index (κ1) is 17.7. The van der Waals surface area contributed by atoms with E-state index in [0.717, 1.165) is 12.1 Å². The molecule has 0 spiro atoms. The molecule has 0 unspecified atom stereocenters. The van der Waals surface area contributed by atoms with Crippen LogP contribution in [0.3, 0.4) is 0 Å². The molecule has 1 aromatic heterocycles. The second kappa shape index (κ2) is 7.38. The quantitative estimate of drug-likeness (QED) is 0.851. The molecule has 136 valence electrons. The van der Waals surface area contributed by atoms with Gasteiger partial charge in [-0.3, -0.25) is 14.4 Å². The first-order valence-corrected chi connectivity index (χ1v) is 8.39. The van der Waals surface area contributed by atoms with Crippen molar-refractivity contribution in [2.45, 2.75) is 32.7 Å². The smallest absolute Gasteiger partial charge is 0.251 e. The van der Waals surface area contributed by atoms with E-state index in [1.54, 1.807) is 49.1 Å². The molecule has 3 rings (SSSR count). The average molecular weight is 356 g/mol. The van der Waals surface area contributed by atoms with E-state index < -0.39 is 11.9 Å². The van der Waals surface area contributed by atoms with Crippen LogP contribution in [0.5, 0.6) is 0 Å². The van der Waals surface area contributed by atoms with Crippen molar-refractivity contribution >= 4 is 29.2 Å². The van der Waals surface area contributed by atoms with Gasteiger partial charge in [-0.25, -0.2) is 0 Å². The van der Waals surface area contributed by atoms with Crippen LogP contribution >= 0.6 is 0 Å². The zero-order chi connectivity index (χ0) is 18.7. The number of nitrogens with one attached hydrogen (secondary N) is 2.